The van der Waals surface area contributed by atoms with Crippen LogP contribution < -0.4 is 10.5 Å². The van der Waals surface area contributed by atoms with Crippen LogP contribution in [0.15, 0.2) is 73.3 Å². The molecule has 3 N–H and O–H groups in total. The molecule has 0 spiro atoms. The maximum absolute atomic E-state index is 9.97. The van der Waals surface area contributed by atoms with E-state index in [9.17, 15) is 5.11 Å². The Morgan fingerprint density at radius 1 is 1.06 bits per heavy atom. The molecular weight excluding hydrogens is 392 g/mol. The normalized spacial score (nSPS) is 14.6. The molecule has 0 radical (unpaired) electrons. The van der Waals surface area contributed by atoms with Crippen LogP contribution in [0.4, 0.5) is 5.69 Å². The first kappa shape index (κ1) is 17.4. The fraction of sp³-hybridized carbons (Fsp3) is 0.0435. The molecule has 0 fully saturated rings. The summed E-state index contributed by atoms with van der Waals surface area (Å²) in [6, 6.07) is 16.4. The molecule has 0 saturated carbocycles. The Morgan fingerprint density at radius 2 is 1.94 bits per heavy atom. The molecule has 0 amide bonds. The van der Waals surface area contributed by atoms with Crippen LogP contribution in [-0.2, 0) is 0 Å². The predicted octanol–water partition coefficient (Wildman–Crippen LogP) is 3.76. The molecular formula is C23H16N6O2. The lowest BCUT2D eigenvalue weighted by Gasteiger charge is -2.27. The number of phenolic OH excluding ortho intramolecular Hbond substituents is 1. The molecule has 1 unspecified atom stereocenters. The van der Waals surface area contributed by atoms with Gasteiger partial charge in [0.2, 0.25) is 5.88 Å². The second-order valence-corrected chi connectivity index (χ2v) is 7.33. The molecule has 1 aliphatic heterocycles. The third kappa shape index (κ3) is 2.77. The maximum atomic E-state index is 9.97. The Hall–Kier alpha value is -4.46. The van der Waals surface area contributed by atoms with E-state index >= 15 is 0 Å². The van der Waals surface area contributed by atoms with Crippen molar-refractivity contribution in [3.8, 4) is 28.8 Å². The van der Waals surface area contributed by atoms with E-state index in [0.717, 1.165) is 22.3 Å². The van der Waals surface area contributed by atoms with Crippen LogP contribution in [0.1, 0.15) is 22.6 Å². The average Bonchev–Trinajstić information content (AvgIpc) is 3.23. The second-order valence-electron chi connectivity index (χ2n) is 7.33. The van der Waals surface area contributed by atoms with Gasteiger partial charge < -0.3 is 15.6 Å². The lowest BCUT2D eigenvalue weighted by Crippen LogP contribution is -2.15. The molecule has 1 atom stereocenters. The van der Waals surface area contributed by atoms with Gasteiger partial charge in [-0.25, -0.2) is 14.5 Å². The van der Waals surface area contributed by atoms with E-state index in [2.05, 4.69) is 15.1 Å². The van der Waals surface area contributed by atoms with Crippen LogP contribution in [0.2, 0.25) is 0 Å². The van der Waals surface area contributed by atoms with Gasteiger partial charge in [0, 0.05) is 41.2 Å². The molecule has 31 heavy (non-hydrogen) atoms. The summed E-state index contributed by atoms with van der Waals surface area (Å²) in [7, 11) is 0. The lowest BCUT2D eigenvalue weighted by atomic mass is 9.84. The van der Waals surface area contributed by atoms with Crippen LogP contribution in [0, 0.1) is 0 Å². The molecule has 0 aliphatic carbocycles. The number of aromatic hydroxyl groups is 1. The molecule has 3 aromatic heterocycles. The van der Waals surface area contributed by atoms with Gasteiger partial charge in [-0.2, -0.15) is 0 Å². The highest BCUT2D eigenvalue weighted by Gasteiger charge is 2.33. The lowest BCUT2D eigenvalue weighted by molar-refractivity contribution is 0.422. The van der Waals surface area contributed by atoms with E-state index in [-0.39, 0.29) is 11.7 Å². The number of ether oxygens (including phenoxy) is 1. The van der Waals surface area contributed by atoms with Gasteiger partial charge in [-0.15, -0.1) is 5.10 Å². The SMILES string of the molecule is Nc1ccc(-c2nc3c4c(ncn3n2)Oc2cc(O)ccc2C4c2cccnc2)cc1. The molecule has 0 bridgehead atoms. The fourth-order valence-corrected chi connectivity index (χ4v) is 3.95. The molecule has 0 saturated heterocycles. The average molecular weight is 408 g/mol. The summed E-state index contributed by atoms with van der Waals surface area (Å²) in [6.07, 6.45) is 5.13. The third-order valence-electron chi connectivity index (χ3n) is 5.38. The van der Waals surface area contributed by atoms with Crippen LogP contribution in [0.3, 0.4) is 0 Å². The minimum atomic E-state index is -0.229. The van der Waals surface area contributed by atoms with Crippen molar-refractivity contribution in [3.05, 3.63) is 90.0 Å². The van der Waals surface area contributed by atoms with Gasteiger partial charge in [-0.3, -0.25) is 4.98 Å². The van der Waals surface area contributed by atoms with Crippen molar-refractivity contribution in [2.75, 3.05) is 5.73 Å². The number of benzene rings is 2. The van der Waals surface area contributed by atoms with Crippen LogP contribution in [-0.4, -0.2) is 29.7 Å². The topological polar surface area (TPSA) is 111 Å². The number of fused-ring (bicyclic) bond motifs is 4. The summed E-state index contributed by atoms with van der Waals surface area (Å²) >= 11 is 0. The van der Waals surface area contributed by atoms with Gasteiger partial charge in [-0.05, 0) is 42.0 Å². The number of pyridine rings is 1. The number of rotatable bonds is 2. The van der Waals surface area contributed by atoms with Crippen molar-refractivity contribution >= 4 is 11.3 Å². The Morgan fingerprint density at radius 3 is 2.74 bits per heavy atom. The summed E-state index contributed by atoms with van der Waals surface area (Å²) in [4.78, 5) is 13.6. The minimum absolute atomic E-state index is 0.126. The van der Waals surface area contributed by atoms with Gasteiger partial charge in [-0.1, -0.05) is 12.1 Å². The van der Waals surface area contributed by atoms with Crippen LogP contribution in [0.5, 0.6) is 17.4 Å². The first-order valence-electron chi connectivity index (χ1n) is 9.69. The predicted molar refractivity (Wildman–Crippen MR) is 114 cm³/mol. The van der Waals surface area contributed by atoms with Gasteiger partial charge in [0.15, 0.2) is 11.5 Å². The molecule has 6 rings (SSSR count). The van der Waals surface area contributed by atoms with Crippen molar-refractivity contribution < 1.29 is 9.84 Å². The number of nitrogen functional groups attached to an aromatic ring is 1. The Labute approximate surface area is 176 Å². The molecule has 8 nitrogen and oxygen atoms in total. The summed E-state index contributed by atoms with van der Waals surface area (Å²) in [5.41, 5.74) is 10.6. The Kier molecular flexibility index (Phi) is 3.66. The van der Waals surface area contributed by atoms with Gasteiger partial charge >= 0.3 is 0 Å². The number of nitrogens with two attached hydrogens (primary N) is 1. The highest BCUT2D eigenvalue weighted by atomic mass is 16.5. The smallest absolute Gasteiger partial charge is 0.228 e. The largest absolute Gasteiger partial charge is 0.508 e. The summed E-state index contributed by atoms with van der Waals surface area (Å²) in [5, 5.41) is 14.6. The van der Waals surface area contributed by atoms with Crippen molar-refractivity contribution in [2.45, 2.75) is 5.92 Å². The van der Waals surface area contributed by atoms with Gasteiger partial charge in [0.25, 0.3) is 0 Å². The van der Waals surface area contributed by atoms with Crippen molar-refractivity contribution in [2.24, 2.45) is 0 Å². The van der Waals surface area contributed by atoms with Crippen molar-refractivity contribution in [1.82, 2.24) is 24.6 Å². The molecule has 1 aliphatic rings. The number of anilines is 1. The number of nitrogens with zero attached hydrogens (tertiary/aromatic N) is 5. The van der Waals surface area contributed by atoms with E-state index < -0.39 is 0 Å². The van der Waals surface area contributed by atoms with Gasteiger partial charge in [0.1, 0.15) is 17.8 Å². The maximum Gasteiger partial charge on any atom is 0.228 e. The molecule has 8 heteroatoms. The number of hydrogen-bond donors (Lipinski definition) is 2. The standard InChI is InChI=1S/C23H16N6O2/c24-15-5-3-13(4-6-15)21-27-22-20-19(14-2-1-9-25-11-14)17-8-7-16(30)10-18(17)31-23(20)26-12-29(22)28-21/h1-12,19,30H,24H2. The molecule has 150 valence electrons. The molecule has 2 aromatic carbocycles. The first-order chi connectivity index (χ1) is 15.2. The number of aromatic nitrogens is 5. The van der Waals surface area contributed by atoms with Crippen LogP contribution >= 0.6 is 0 Å². The molecule has 4 heterocycles. The second kappa shape index (κ2) is 6.53. The monoisotopic (exact) mass is 408 g/mol. The summed E-state index contributed by atoms with van der Waals surface area (Å²) in [5.74, 6) is 1.44. The van der Waals surface area contributed by atoms with Gasteiger partial charge in [0.05, 0.1) is 5.56 Å². The zero-order chi connectivity index (χ0) is 20.9. The summed E-state index contributed by atoms with van der Waals surface area (Å²) < 4.78 is 7.72. The number of phenols is 1. The van der Waals surface area contributed by atoms with E-state index in [1.165, 1.54) is 0 Å². The zero-order valence-electron chi connectivity index (χ0n) is 16.2. The zero-order valence-corrected chi connectivity index (χ0v) is 16.2. The van der Waals surface area contributed by atoms with E-state index in [0.29, 0.717) is 28.8 Å². The molecule has 5 aromatic rings. The van der Waals surface area contributed by atoms with E-state index in [1.807, 2.05) is 48.7 Å². The first-order valence-corrected chi connectivity index (χ1v) is 9.69. The highest BCUT2D eigenvalue weighted by Crippen LogP contribution is 2.48. The van der Waals surface area contributed by atoms with Crippen molar-refractivity contribution in [3.63, 3.8) is 0 Å². The van der Waals surface area contributed by atoms with Crippen LogP contribution in [0.25, 0.3) is 17.0 Å². The Balaban J connectivity index is 1.61. The van der Waals surface area contributed by atoms with E-state index in [4.69, 9.17) is 15.5 Å². The minimum Gasteiger partial charge on any atom is -0.508 e. The third-order valence-corrected chi connectivity index (χ3v) is 5.38. The van der Waals surface area contributed by atoms with E-state index in [1.54, 1.807) is 29.2 Å². The quantitative estimate of drug-likeness (QED) is 0.420. The summed E-state index contributed by atoms with van der Waals surface area (Å²) in [6.45, 7) is 0. The fourth-order valence-electron chi connectivity index (χ4n) is 3.95. The number of hydrogen-bond acceptors (Lipinski definition) is 7. The Bertz CT molecular complexity index is 1430. The van der Waals surface area contributed by atoms with Crippen molar-refractivity contribution in [1.29, 1.82) is 0 Å². The highest BCUT2D eigenvalue weighted by molar-refractivity contribution is 5.69.